The Morgan fingerprint density at radius 2 is 1.77 bits per heavy atom. The van der Waals surface area contributed by atoms with Crippen LogP contribution in [-0.2, 0) is 9.59 Å². The van der Waals surface area contributed by atoms with Gasteiger partial charge in [-0.1, -0.05) is 20.8 Å². The molecule has 2 aliphatic heterocycles. The van der Waals surface area contributed by atoms with Crippen molar-refractivity contribution >= 4 is 11.8 Å². The lowest BCUT2D eigenvalue weighted by atomic mass is 9.85. The summed E-state index contributed by atoms with van der Waals surface area (Å²) in [5.74, 6) is -0.366. The molecule has 4 atom stereocenters. The van der Waals surface area contributed by atoms with E-state index in [0.717, 1.165) is 6.54 Å². The SMILES string of the molecule is CNC(=O)[C@@H]1C[C@@H](O)CN1C(=O)[C@@H](N1CC(CN(C(C)C)C(C)C)NN1)C(C)(C)C. The molecule has 0 radical (unpaired) electrons. The summed E-state index contributed by atoms with van der Waals surface area (Å²) in [6, 6.07) is -0.0722. The predicted molar refractivity (Wildman–Crippen MR) is 117 cm³/mol. The molecule has 2 rings (SSSR count). The average Bonchev–Trinajstić information content (AvgIpc) is 3.23. The first-order chi connectivity index (χ1) is 13.9. The number of β-amino-alcohol motifs (C(OH)–C–C–N with tert-alkyl or cyclic N) is 1. The number of hydrogen-bond acceptors (Lipinski definition) is 7. The second-order valence-electron chi connectivity index (χ2n) is 10.3. The quantitative estimate of drug-likeness (QED) is 0.452. The van der Waals surface area contributed by atoms with Crippen molar-refractivity contribution in [2.75, 3.05) is 26.7 Å². The zero-order valence-electron chi connectivity index (χ0n) is 19.9. The molecular formula is C21H42N6O3. The summed E-state index contributed by atoms with van der Waals surface area (Å²) in [6.07, 6.45) is -0.408. The molecule has 2 amide bonds. The van der Waals surface area contributed by atoms with Gasteiger partial charge in [0.15, 0.2) is 0 Å². The summed E-state index contributed by atoms with van der Waals surface area (Å²) in [6.45, 7) is 16.6. The average molecular weight is 427 g/mol. The van der Waals surface area contributed by atoms with Gasteiger partial charge in [-0.3, -0.25) is 14.5 Å². The maximum atomic E-state index is 13.6. The Labute approximate surface area is 181 Å². The third-order valence-electron chi connectivity index (χ3n) is 6.06. The minimum atomic E-state index is -0.681. The van der Waals surface area contributed by atoms with Crippen molar-refractivity contribution in [3.05, 3.63) is 0 Å². The van der Waals surface area contributed by atoms with Gasteiger partial charge in [0.25, 0.3) is 0 Å². The number of likely N-dealkylation sites (tertiary alicyclic amines) is 1. The fourth-order valence-electron chi connectivity index (χ4n) is 4.65. The Morgan fingerprint density at radius 1 is 1.17 bits per heavy atom. The molecule has 0 saturated carbocycles. The van der Waals surface area contributed by atoms with Crippen LogP contribution in [0.1, 0.15) is 54.9 Å². The summed E-state index contributed by atoms with van der Waals surface area (Å²) in [5, 5.41) is 14.7. The van der Waals surface area contributed by atoms with Gasteiger partial charge in [-0.25, -0.2) is 10.4 Å². The highest BCUT2D eigenvalue weighted by Gasteiger charge is 2.47. The molecule has 2 fully saturated rings. The second-order valence-corrected chi connectivity index (χ2v) is 10.3. The third-order valence-corrected chi connectivity index (χ3v) is 6.06. The van der Waals surface area contributed by atoms with E-state index in [2.05, 4.69) is 48.9 Å². The molecule has 0 aromatic rings. The molecule has 9 nitrogen and oxygen atoms in total. The third kappa shape index (κ3) is 5.70. The summed E-state index contributed by atoms with van der Waals surface area (Å²) in [5.41, 5.74) is 6.19. The van der Waals surface area contributed by atoms with E-state index in [1.54, 1.807) is 11.9 Å². The molecule has 9 heteroatoms. The summed E-state index contributed by atoms with van der Waals surface area (Å²) in [4.78, 5) is 29.9. The fraction of sp³-hybridized carbons (Fsp3) is 0.905. The first kappa shape index (κ1) is 25.0. The van der Waals surface area contributed by atoms with Crippen molar-refractivity contribution < 1.29 is 14.7 Å². The number of aliphatic hydroxyl groups excluding tert-OH is 1. The van der Waals surface area contributed by atoms with Gasteiger partial charge in [0.2, 0.25) is 11.8 Å². The van der Waals surface area contributed by atoms with Crippen LogP contribution in [0.5, 0.6) is 0 Å². The molecule has 30 heavy (non-hydrogen) atoms. The molecule has 1 unspecified atom stereocenters. The van der Waals surface area contributed by atoms with E-state index >= 15 is 0 Å². The topological polar surface area (TPSA) is 100 Å². The van der Waals surface area contributed by atoms with Crippen molar-refractivity contribution in [1.29, 1.82) is 0 Å². The van der Waals surface area contributed by atoms with E-state index in [-0.39, 0.29) is 36.2 Å². The number of rotatable bonds is 7. The summed E-state index contributed by atoms with van der Waals surface area (Å²) >= 11 is 0. The van der Waals surface area contributed by atoms with Crippen LogP contribution in [0.4, 0.5) is 0 Å². The Morgan fingerprint density at radius 3 is 2.27 bits per heavy atom. The largest absolute Gasteiger partial charge is 0.391 e. The number of hydrogen-bond donors (Lipinski definition) is 4. The van der Waals surface area contributed by atoms with Crippen molar-refractivity contribution in [2.45, 2.75) is 91.2 Å². The molecule has 4 N–H and O–H groups in total. The monoisotopic (exact) mass is 426 g/mol. The second kappa shape index (κ2) is 9.91. The minimum Gasteiger partial charge on any atom is -0.391 e. The number of hydrazine groups is 2. The number of nitrogens with one attached hydrogen (secondary N) is 3. The van der Waals surface area contributed by atoms with Crippen LogP contribution in [0.3, 0.4) is 0 Å². The van der Waals surface area contributed by atoms with Crippen LogP contribution in [0, 0.1) is 5.41 Å². The van der Waals surface area contributed by atoms with Crippen LogP contribution < -0.4 is 16.3 Å². The van der Waals surface area contributed by atoms with E-state index in [0.29, 0.717) is 18.6 Å². The standard InChI is InChI=1S/C21H42N6O3/c1-13(2)25(14(3)4)10-15-11-27(24-23-15)18(21(5,6)7)20(30)26-12-16(28)9-17(26)19(29)22-8/h13-18,23-24,28H,9-12H2,1-8H3,(H,22,29)/t15?,16-,17+,18-/m1/s1. The Balaban J connectivity index is 2.17. The summed E-state index contributed by atoms with van der Waals surface area (Å²) in [7, 11) is 1.56. The normalized spacial score (nSPS) is 26.8. The lowest BCUT2D eigenvalue weighted by molar-refractivity contribution is -0.147. The highest BCUT2D eigenvalue weighted by Crippen LogP contribution is 2.30. The van der Waals surface area contributed by atoms with Crippen LogP contribution in [0.2, 0.25) is 0 Å². The first-order valence-corrected chi connectivity index (χ1v) is 11.1. The maximum Gasteiger partial charge on any atom is 0.242 e. The zero-order chi connectivity index (χ0) is 22.8. The van der Waals surface area contributed by atoms with E-state index < -0.39 is 18.2 Å². The maximum absolute atomic E-state index is 13.6. The van der Waals surface area contributed by atoms with Crippen LogP contribution in [-0.4, -0.2) is 94.7 Å². The lowest BCUT2D eigenvalue weighted by Gasteiger charge is -2.39. The van der Waals surface area contributed by atoms with Gasteiger partial charge in [-0.15, -0.1) is 0 Å². The van der Waals surface area contributed by atoms with Gasteiger partial charge in [0, 0.05) is 51.2 Å². The molecule has 2 aliphatic rings. The summed E-state index contributed by atoms with van der Waals surface area (Å²) < 4.78 is 0. The molecular weight excluding hydrogens is 384 g/mol. The molecule has 0 aromatic carbocycles. The van der Waals surface area contributed by atoms with Crippen LogP contribution >= 0.6 is 0 Å². The fourth-order valence-corrected chi connectivity index (χ4v) is 4.65. The zero-order valence-corrected chi connectivity index (χ0v) is 19.9. The molecule has 0 bridgehead atoms. The number of likely N-dealkylation sites (N-methyl/N-ethyl adjacent to an activating group) is 1. The number of nitrogens with zero attached hydrogens (tertiary/aromatic N) is 3. The van der Waals surface area contributed by atoms with E-state index in [9.17, 15) is 14.7 Å². The Bertz CT molecular complexity index is 598. The predicted octanol–water partition coefficient (Wildman–Crippen LogP) is -0.0789. The van der Waals surface area contributed by atoms with Crippen molar-refractivity contribution in [2.24, 2.45) is 5.41 Å². The number of amides is 2. The number of aliphatic hydroxyl groups is 1. The highest BCUT2D eigenvalue weighted by molar-refractivity contribution is 5.90. The van der Waals surface area contributed by atoms with Gasteiger partial charge >= 0.3 is 0 Å². The highest BCUT2D eigenvalue weighted by atomic mass is 16.3. The van der Waals surface area contributed by atoms with Crippen molar-refractivity contribution in [3.8, 4) is 0 Å². The van der Waals surface area contributed by atoms with Gasteiger partial charge in [-0.05, 0) is 33.1 Å². The molecule has 0 aliphatic carbocycles. The van der Waals surface area contributed by atoms with Crippen LogP contribution in [0.25, 0.3) is 0 Å². The van der Waals surface area contributed by atoms with Gasteiger partial charge < -0.3 is 15.3 Å². The molecule has 2 heterocycles. The molecule has 174 valence electrons. The van der Waals surface area contributed by atoms with Crippen molar-refractivity contribution in [1.82, 2.24) is 31.1 Å². The smallest absolute Gasteiger partial charge is 0.242 e. The van der Waals surface area contributed by atoms with E-state index in [1.807, 2.05) is 25.8 Å². The minimum absolute atomic E-state index is 0.132. The van der Waals surface area contributed by atoms with Crippen LogP contribution in [0.15, 0.2) is 0 Å². The Kier molecular flexibility index (Phi) is 8.26. The van der Waals surface area contributed by atoms with E-state index in [4.69, 9.17) is 0 Å². The van der Waals surface area contributed by atoms with E-state index in [1.165, 1.54) is 0 Å². The van der Waals surface area contributed by atoms with Gasteiger partial charge in [0.1, 0.15) is 12.1 Å². The van der Waals surface area contributed by atoms with Gasteiger partial charge in [-0.2, -0.15) is 5.53 Å². The Hall–Kier alpha value is -1.26. The van der Waals surface area contributed by atoms with Crippen molar-refractivity contribution in [3.63, 3.8) is 0 Å². The molecule has 2 saturated heterocycles. The lowest BCUT2D eigenvalue weighted by Crippen LogP contribution is -2.60. The first-order valence-electron chi connectivity index (χ1n) is 11.1. The molecule has 0 spiro atoms. The van der Waals surface area contributed by atoms with Gasteiger partial charge in [0.05, 0.1) is 6.10 Å². The number of carbonyl (C=O) groups excluding carboxylic acids is 2. The molecule has 0 aromatic heterocycles. The number of carbonyl (C=O) groups is 2.